The van der Waals surface area contributed by atoms with Gasteiger partial charge in [0.15, 0.2) is 0 Å². The van der Waals surface area contributed by atoms with Crippen LogP contribution >= 0.6 is 0 Å². The standard InChI is InChI=1S/C14H18O3/c1-3-11-5-13(16-7-11)9-15-10-14-6-12(4-2)8-17-14/h5-8H,3-4,9-10H2,1-2H3. The van der Waals surface area contributed by atoms with Gasteiger partial charge in [0.1, 0.15) is 24.7 Å². The molecule has 0 saturated carbocycles. The van der Waals surface area contributed by atoms with E-state index in [1.165, 1.54) is 11.1 Å². The molecule has 0 aromatic carbocycles. The fraction of sp³-hybridized carbons (Fsp3) is 0.429. The van der Waals surface area contributed by atoms with Crippen LogP contribution < -0.4 is 0 Å². The molecule has 0 fully saturated rings. The maximum Gasteiger partial charge on any atom is 0.129 e. The molecule has 2 aromatic heterocycles. The lowest BCUT2D eigenvalue weighted by Gasteiger charge is -1.98. The van der Waals surface area contributed by atoms with Crippen molar-refractivity contribution in [3.05, 3.63) is 47.3 Å². The number of hydrogen-bond donors (Lipinski definition) is 0. The molecule has 2 heterocycles. The van der Waals surface area contributed by atoms with Crippen LogP contribution in [0.5, 0.6) is 0 Å². The quantitative estimate of drug-likeness (QED) is 0.764. The first-order valence-corrected chi connectivity index (χ1v) is 6.02. The van der Waals surface area contributed by atoms with Crippen LogP contribution in [0, 0.1) is 0 Å². The van der Waals surface area contributed by atoms with Crippen molar-refractivity contribution in [1.29, 1.82) is 0 Å². The van der Waals surface area contributed by atoms with Gasteiger partial charge >= 0.3 is 0 Å². The first kappa shape index (κ1) is 12.0. The lowest BCUT2D eigenvalue weighted by atomic mass is 10.2. The Morgan fingerprint density at radius 2 is 1.35 bits per heavy atom. The predicted octanol–water partition coefficient (Wildman–Crippen LogP) is 3.71. The van der Waals surface area contributed by atoms with E-state index in [9.17, 15) is 0 Å². The van der Waals surface area contributed by atoms with Crippen molar-refractivity contribution in [3.63, 3.8) is 0 Å². The van der Waals surface area contributed by atoms with Gasteiger partial charge in [0, 0.05) is 0 Å². The van der Waals surface area contributed by atoms with Crippen molar-refractivity contribution in [2.24, 2.45) is 0 Å². The van der Waals surface area contributed by atoms with E-state index in [0.717, 1.165) is 24.4 Å². The highest BCUT2D eigenvalue weighted by molar-refractivity contribution is 5.13. The number of rotatable bonds is 6. The fourth-order valence-electron chi connectivity index (χ4n) is 1.63. The number of furan rings is 2. The molecule has 0 bridgehead atoms. The van der Waals surface area contributed by atoms with Crippen LogP contribution in [0.3, 0.4) is 0 Å². The highest BCUT2D eigenvalue weighted by Gasteiger charge is 2.03. The first-order valence-electron chi connectivity index (χ1n) is 6.02. The molecule has 0 unspecified atom stereocenters. The first-order chi connectivity index (χ1) is 8.31. The monoisotopic (exact) mass is 234 g/mol. The number of aryl methyl sites for hydroxylation is 2. The van der Waals surface area contributed by atoms with E-state index >= 15 is 0 Å². The molecule has 0 aliphatic heterocycles. The third-order valence-electron chi connectivity index (χ3n) is 2.72. The van der Waals surface area contributed by atoms with E-state index in [2.05, 4.69) is 13.8 Å². The van der Waals surface area contributed by atoms with Gasteiger partial charge in [-0.2, -0.15) is 0 Å². The summed E-state index contributed by atoms with van der Waals surface area (Å²) in [6.45, 7) is 5.18. The van der Waals surface area contributed by atoms with Crippen molar-refractivity contribution in [2.75, 3.05) is 0 Å². The van der Waals surface area contributed by atoms with Crippen LogP contribution in [0.4, 0.5) is 0 Å². The fourth-order valence-corrected chi connectivity index (χ4v) is 1.63. The summed E-state index contributed by atoms with van der Waals surface area (Å²) in [5.41, 5.74) is 2.41. The molecule has 17 heavy (non-hydrogen) atoms. The molecule has 2 rings (SSSR count). The maximum absolute atomic E-state index is 5.53. The molecule has 3 nitrogen and oxygen atoms in total. The molecule has 3 heteroatoms. The van der Waals surface area contributed by atoms with Crippen LogP contribution in [0.25, 0.3) is 0 Å². The number of ether oxygens (including phenoxy) is 1. The summed E-state index contributed by atoms with van der Waals surface area (Å²) in [7, 11) is 0. The van der Waals surface area contributed by atoms with Crippen LogP contribution in [-0.4, -0.2) is 0 Å². The Hall–Kier alpha value is -1.48. The second-order valence-electron chi connectivity index (χ2n) is 4.04. The zero-order valence-corrected chi connectivity index (χ0v) is 10.4. The Labute approximate surface area is 101 Å². The topological polar surface area (TPSA) is 35.5 Å². The maximum atomic E-state index is 5.53. The van der Waals surface area contributed by atoms with Crippen LogP contribution in [0.15, 0.2) is 33.5 Å². The molecule has 2 aromatic rings. The third kappa shape index (κ3) is 3.24. The lowest BCUT2D eigenvalue weighted by molar-refractivity contribution is 0.0803. The van der Waals surface area contributed by atoms with Gasteiger partial charge in [0.25, 0.3) is 0 Å². The summed E-state index contributed by atoms with van der Waals surface area (Å²) in [5.74, 6) is 1.73. The molecular weight excluding hydrogens is 216 g/mol. The Balaban J connectivity index is 1.79. The molecular formula is C14H18O3. The largest absolute Gasteiger partial charge is 0.467 e. The Morgan fingerprint density at radius 3 is 1.71 bits per heavy atom. The van der Waals surface area contributed by atoms with E-state index in [0.29, 0.717) is 13.2 Å². The zero-order chi connectivity index (χ0) is 12.1. The summed E-state index contributed by atoms with van der Waals surface area (Å²) < 4.78 is 16.3. The van der Waals surface area contributed by atoms with Gasteiger partial charge in [-0.1, -0.05) is 13.8 Å². The van der Waals surface area contributed by atoms with Crippen molar-refractivity contribution in [3.8, 4) is 0 Å². The van der Waals surface area contributed by atoms with Gasteiger partial charge in [0.2, 0.25) is 0 Å². The van der Waals surface area contributed by atoms with Crippen molar-refractivity contribution in [2.45, 2.75) is 39.9 Å². The summed E-state index contributed by atoms with van der Waals surface area (Å²) in [4.78, 5) is 0. The molecule has 0 spiro atoms. The van der Waals surface area contributed by atoms with Gasteiger partial charge in [-0.15, -0.1) is 0 Å². The average molecular weight is 234 g/mol. The molecule has 0 saturated heterocycles. The highest BCUT2D eigenvalue weighted by atomic mass is 16.5. The second kappa shape index (κ2) is 5.73. The highest BCUT2D eigenvalue weighted by Crippen LogP contribution is 2.13. The Bertz CT molecular complexity index is 411. The van der Waals surface area contributed by atoms with Gasteiger partial charge in [-0.3, -0.25) is 0 Å². The Morgan fingerprint density at radius 1 is 0.882 bits per heavy atom. The number of hydrogen-bond acceptors (Lipinski definition) is 3. The van der Waals surface area contributed by atoms with Gasteiger partial charge in [0.05, 0.1) is 12.5 Å². The molecule has 0 atom stereocenters. The van der Waals surface area contributed by atoms with Crippen molar-refractivity contribution in [1.82, 2.24) is 0 Å². The SMILES string of the molecule is CCc1coc(COCc2cc(CC)co2)c1. The van der Waals surface area contributed by atoms with Gasteiger partial charge in [-0.25, -0.2) is 0 Å². The van der Waals surface area contributed by atoms with Crippen molar-refractivity contribution >= 4 is 0 Å². The van der Waals surface area contributed by atoms with E-state index in [-0.39, 0.29) is 0 Å². The summed E-state index contributed by atoms with van der Waals surface area (Å²) in [6, 6.07) is 4.05. The normalized spacial score (nSPS) is 10.9. The molecule has 0 aliphatic carbocycles. The zero-order valence-electron chi connectivity index (χ0n) is 10.4. The van der Waals surface area contributed by atoms with E-state index in [4.69, 9.17) is 13.6 Å². The van der Waals surface area contributed by atoms with Gasteiger partial charge in [-0.05, 0) is 36.1 Å². The molecule has 0 N–H and O–H groups in total. The molecule has 0 radical (unpaired) electrons. The van der Waals surface area contributed by atoms with E-state index in [1.54, 1.807) is 12.5 Å². The minimum atomic E-state index is 0.488. The molecule has 0 amide bonds. The van der Waals surface area contributed by atoms with Crippen LogP contribution in [-0.2, 0) is 30.8 Å². The smallest absolute Gasteiger partial charge is 0.129 e. The Kier molecular flexibility index (Phi) is 4.04. The second-order valence-corrected chi connectivity index (χ2v) is 4.04. The lowest BCUT2D eigenvalue weighted by Crippen LogP contribution is -1.91. The molecule has 92 valence electrons. The van der Waals surface area contributed by atoms with Crippen LogP contribution in [0.2, 0.25) is 0 Å². The minimum absolute atomic E-state index is 0.488. The minimum Gasteiger partial charge on any atom is -0.467 e. The van der Waals surface area contributed by atoms with E-state index < -0.39 is 0 Å². The van der Waals surface area contributed by atoms with E-state index in [1.807, 2.05) is 12.1 Å². The average Bonchev–Trinajstić information content (AvgIpc) is 2.97. The summed E-state index contributed by atoms with van der Waals surface area (Å²) in [6.07, 6.45) is 5.53. The predicted molar refractivity (Wildman–Crippen MR) is 64.7 cm³/mol. The van der Waals surface area contributed by atoms with Crippen LogP contribution in [0.1, 0.15) is 36.5 Å². The van der Waals surface area contributed by atoms with Crippen molar-refractivity contribution < 1.29 is 13.6 Å². The summed E-state index contributed by atoms with van der Waals surface area (Å²) in [5, 5.41) is 0. The third-order valence-corrected chi connectivity index (χ3v) is 2.72. The summed E-state index contributed by atoms with van der Waals surface area (Å²) >= 11 is 0. The molecule has 0 aliphatic rings. The van der Waals surface area contributed by atoms with Gasteiger partial charge < -0.3 is 13.6 Å².